The van der Waals surface area contributed by atoms with Crippen LogP contribution < -0.4 is 11.5 Å². The van der Waals surface area contributed by atoms with E-state index in [0.717, 1.165) is 6.42 Å². The van der Waals surface area contributed by atoms with Gasteiger partial charge in [-0.15, -0.1) is 12.7 Å². The molecular formula is C16H32N2O3Y2-4. The van der Waals surface area contributed by atoms with Crippen LogP contribution >= 0.6 is 0 Å². The molecule has 0 aliphatic rings. The van der Waals surface area contributed by atoms with Crippen LogP contribution in [0.25, 0.3) is 0 Å². The Kier molecular flexibility index (Phi) is 72.8. The molecule has 0 aliphatic carbocycles. The van der Waals surface area contributed by atoms with Gasteiger partial charge in [0, 0.05) is 65.4 Å². The average Bonchev–Trinajstić information content (AvgIpc) is 2.39. The first-order chi connectivity index (χ1) is 9.15. The zero-order valence-electron chi connectivity index (χ0n) is 13.5. The van der Waals surface area contributed by atoms with E-state index in [4.69, 9.17) is 16.6 Å². The minimum Gasteiger partial charge on any atom is -0.480 e. The van der Waals surface area contributed by atoms with Crippen molar-refractivity contribution < 1.29 is 80.1 Å². The molecule has 0 aromatic carbocycles. The van der Waals surface area contributed by atoms with E-state index in [1.165, 1.54) is 13.0 Å². The van der Waals surface area contributed by atoms with E-state index in [1.807, 2.05) is 0 Å². The Labute approximate surface area is 193 Å². The number of hydrogen-bond donors (Lipinski definition) is 3. The number of ketones is 1. The van der Waals surface area contributed by atoms with Crippen molar-refractivity contribution in [1.29, 1.82) is 0 Å². The monoisotopic (exact) mass is 478 g/mol. The number of carboxylic acids is 1. The molecule has 0 aromatic heterocycles. The van der Waals surface area contributed by atoms with Crippen LogP contribution in [0.5, 0.6) is 0 Å². The fourth-order valence-electron chi connectivity index (χ4n) is 0.123. The molecule has 7 heteroatoms. The van der Waals surface area contributed by atoms with Gasteiger partial charge >= 0.3 is 5.97 Å². The van der Waals surface area contributed by atoms with Gasteiger partial charge in [0.05, 0.1) is 6.04 Å². The molecule has 0 heterocycles. The fraction of sp³-hybridized carbons (Fsp3) is 0.375. The molecule has 0 spiro atoms. The average molecular weight is 478 g/mol. The third-order valence-corrected chi connectivity index (χ3v) is 1.35. The maximum Gasteiger partial charge on any atom is 0.317 e. The van der Waals surface area contributed by atoms with Crippen LogP contribution in [0, 0.1) is 27.7 Å². The summed E-state index contributed by atoms with van der Waals surface area (Å²) in [7, 11) is 0. The van der Waals surface area contributed by atoms with Gasteiger partial charge in [0.2, 0.25) is 0 Å². The first kappa shape index (κ1) is 43.8. The summed E-state index contributed by atoms with van der Waals surface area (Å²) in [5.41, 5.74) is 9.93. The van der Waals surface area contributed by atoms with Gasteiger partial charge in [-0.1, -0.05) is 13.5 Å². The zero-order valence-corrected chi connectivity index (χ0v) is 19.2. The maximum absolute atomic E-state index is 9.96. The molecule has 5 nitrogen and oxygen atoms in total. The van der Waals surface area contributed by atoms with E-state index in [9.17, 15) is 9.59 Å². The first-order valence-corrected chi connectivity index (χ1v) is 5.83. The van der Waals surface area contributed by atoms with Gasteiger partial charge in [-0.05, 0) is 6.92 Å². The van der Waals surface area contributed by atoms with Crippen molar-refractivity contribution in [1.82, 2.24) is 0 Å². The minimum atomic E-state index is -0.991. The Bertz CT molecular complexity index is 262. The topological polar surface area (TPSA) is 106 Å². The van der Waals surface area contributed by atoms with Gasteiger partial charge in [-0.3, -0.25) is 4.79 Å². The number of hydrogen-bond acceptors (Lipinski definition) is 4. The second-order valence-corrected chi connectivity index (χ2v) is 3.32. The molecule has 0 aromatic rings. The molecule has 0 fully saturated rings. The van der Waals surface area contributed by atoms with Crippen molar-refractivity contribution in [3.63, 3.8) is 0 Å². The van der Waals surface area contributed by atoms with Crippen LogP contribution in [0.1, 0.15) is 27.2 Å². The molecule has 2 unspecified atom stereocenters. The maximum atomic E-state index is 9.96. The summed E-state index contributed by atoms with van der Waals surface area (Å²) < 4.78 is 0. The van der Waals surface area contributed by atoms with Gasteiger partial charge in [0.25, 0.3) is 0 Å². The standard InChI is InChI=1S/C4H8NO2.C4H8NO.C4H7.C3H5.CH4.2Y/c1-2-3(5)4(6)7;1-3(5)4(2)6;1-3-4-2;1-3-2;;;/h3H,1-2,5H2,(H,6,7);3H,1,5H2,2H3;3H,1-2,4H2;3H,1-2H2;1H4;;/q4*-1;;;. The molecule has 0 amide bonds. The van der Waals surface area contributed by atoms with Crippen LogP contribution in [-0.4, -0.2) is 28.9 Å². The third kappa shape index (κ3) is 71.2. The second kappa shape index (κ2) is 38.3. The predicted molar refractivity (Wildman–Crippen MR) is 92.1 cm³/mol. The molecule has 0 aliphatic heterocycles. The largest absolute Gasteiger partial charge is 0.480 e. The summed E-state index contributed by atoms with van der Waals surface area (Å²) in [4.78, 5) is 19.7. The van der Waals surface area contributed by atoms with Crippen molar-refractivity contribution in [2.75, 3.05) is 0 Å². The van der Waals surface area contributed by atoms with Gasteiger partial charge in [0.1, 0.15) is 5.78 Å². The van der Waals surface area contributed by atoms with E-state index in [0.29, 0.717) is 0 Å². The van der Waals surface area contributed by atoms with E-state index >= 15 is 0 Å². The van der Waals surface area contributed by atoms with Gasteiger partial charge in [-0.2, -0.15) is 12.8 Å². The number of allylic oxidation sites excluding steroid dienone is 2. The van der Waals surface area contributed by atoms with Crippen LogP contribution in [0.3, 0.4) is 0 Å². The summed E-state index contributed by atoms with van der Waals surface area (Å²) in [6.45, 7) is 21.4. The van der Waals surface area contributed by atoms with Crippen molar-refractivity contribution in [2.24, 2.45) is 11.5 Å². The SMILES string of the molecule is C.C=CC[CH2-].C=C[CH2-].[CH2-]C(N)C(C)=O.[CH2-]CC(N)C(=O)O.[Y].[Y]. The normalized spacial score (nSPS) is 9.30. The molecule has 0 saturated heterocycles. The number of carboxylic acid groups (broad SMARTS) is 1. The number of rotatable bonds is 4. The molecule has 5 N–H and O–H groups in total. The fourth-order valence-corrected chi connectivity index (χ4v) is 0.123. The molecule has 2 atom stereocenters. The minimum absolute atomic E-state index is 0. The molecule has 2 radical (unpaired) electrons. The predicted octanol–water partition coefficient (Wildman–Crippen LogP) is 2.39. The summed E-state index contributed by atoms with van der Waals surface area (Å²) in [5, 5.41) is 8.02. The Morgan fingerprint density at radius 1 is 1.22 bits per heavy atom. The summed E-state index contributed by atoms with van der Waals surface area (Å²) in [6, 6.07) is -1.33. The van der Waals surface area contributed by atoms with Crippen molar-refractivity contribution in [3.8, 4) is 0 Å². The third-order valence-electron chi connectivity index (χ3n) is 1.35. The first-order valence-electron chi connectivity index (χ1n) is 5.83. The molecule has 23 heavy (non-hydrogen) atoms. The Balaban J connectivity index is -0.0000000297. The van der Waals surface area contributed by atoms with Gasteiger partial charge in [-0.25, -0.2) is 19.6 Å². The number of carbonyl (C=O) groups excluding carboxylic acids is 1. The Morgan fingerprint density at radius 2 is 1.43 bits per heavy atom. The van der Waals surface area contributed by atoms with Gasteiger partial charge < -0.3 is 42.1 Å². The summed E-state index contributed by atoms with van der Waals surface area (Å²) in [6.07, 6.45) is 4.34. The molecule has 0 saturated carbocycles. The van der Waals surface area contributed by atoms with E-state index in [-0.39, 0.29) is 85.0 Å². The van der Waals surface area contributed by atoms with Crippen LogP contribution in [-0.2, 0) is 75.0 Å². The van der Waals surface area contributed by atoms with Crippen molar-refractivity contribution >= 4 is 11.8 Å². The van der Waals surface area contributed by atoms with Crippen LogP contribution in [0.4, 0.5) is 0 Å². The van der Waals surface area contributed by atoms with E-state index in [1.54, 1.807) is 6.08 Å². The Morgan fingerprint density at radius 3 is 1.43 bits per heavy atom. The Hall–Kier alpha value is 0.618. The number of carbonyl (C=O) groups is 2. The zero-order chi connectivity index (χ0) is 17.1. The smallest absolute Gasteiger partial charge is 0.317 e. The van der Waals surface area contributed by atoms with Crippen LogP contribution in [0.15, 0.2) is 25.3 Å². The van der Waals surface area contributed by atoms with Gasteiger partial charge in [0.15, 0.2) is 0 Å². The second-order valence-electron chi connectivity index (χ2n) is 3.32. The molecule has 0 bridgehead atoms. The van der Waals surface area contributed by atoms with E-state index in [2.05, 4.69) is 40.9 Å². The molecule has 0 rings (SSSR count). The van der Waals surface area contributed by atoms with Crippen LogP contribution in [0.2, 0.25) is 0 Å². The van der Waals surface area contributed by atoms with E-state index < -0.39 is 18.1 Å². The number of Topliss-reactive ketones (excluding diaryl/α,β-unsaturated/α-hetero) is 1. The number of aliphatic carboxylic acids is 1. The van der Waals surface area contributed by atoms with Crippen molar-refractivity contribution in [2.45, 2.75) is 39.3 Å². The number of nitrogens with two attached hydrogens (primary N) is 2. The van der Waals surface area contributed by atoms with Crippen molar-refractivity contribution in [3.05, 3.63) is 53.0 Å². The summed E-state index contributed by atoms with van der Waals surface area (Å²) in [5.74, 6) is -1.06. The quantitative estimate of drug-likeness (QED) is 0.425. The summed E-state index contributed by atoms with van der Waals surface area (Å²) >= 11 is 0. The molecular weight excluding hydrogens is 446 g/mol. The molecule has 134 valence electrons.